The van der Waals surface area contributed by atoms with Crippen molar-refractivity contribution in [3.63, 3.8) is 0 Å². The maximum Gasteiger partial charge on any atom is 0.0278 e. The lowest BCUT2D eigenvalue weighted by molar-refractivity contribution is 0.0515. The molecule has 1 N–H and O–H groups in total. The number of piperazine rings is 1. The highest BCUT2D eigenvalue weighted by molar-refractivity contribution is 4.95. The van der Waals surface area contributed by atoms with E-state index < -0.39 is 0 Å². The molecule has 0 aromatic rings. The normalized spacial score (nSPS) is 31.8. The summed E-state index contributed by atoms with van der Waals surface area (Å²) in [5, 5.41) is 3.79. The summed E-state index contributed by atoms with van der Waals surface area (Å²) in [4.78, 5) is 2.76. The van der Waals surface area contributed by atoms with Crippen molar-refractivity contribution in [1.29, 1.82) is 0 Å². The van der Waals surface area contributed by atoms with E-state index in [1.165, 1.54) is 32.4 Å². The first-order valence-electron chi connectivity index (χ1n) is 7.91. The van der Waals surface area contributed by atoms with E-state index in [0.29, 0.717) is 5.54 Å². The van der Waals surface area contributed by atoms with Gasteiger partial charge in [-0.2, -0.15) is 0 Å². The molecule has 0 radical (unpaired) electrons. The predicted octanol–water partition coefficient (Wildman–Crippen LogP) is 3.52. The van der Waals surface area contributed by atoms with Gasteiger partial charge < -0.3 is 5.32 Å². The van der Waals surface area contributed by atoms with Gasteiger partial charge in [0.05, 0.1) is 0 Å². The van der Waals surface area contributed by atoms with Gasteiger partial charge >= 0.3 is 0 Å². The second-order valence-corrected chi connectivity index (χ2v) is 6.90. The van der Waals surface area contributed by atoms with E-state index in [0.717, 1.165) is 24.4 Å². The second kappa shape index (κ2) is 6.91. The van der Waals surface area contributed by atoms with E-state index in [1.807, 2.05) is 0 Å². The molecule has 3 unspecified atom stereocenters. The molecule has 108 valence electrons. The molecule has 1 saturated heterocycles. The van der Waals surface area contributed by atoms with Crippen molar-refractivity contribution in [2.45, 2.75) is 72.4 Å². The maximum absolute atomic E-state index is 3.79. The Balaban J connectivity index is 2.66. The van der Waals surface area contributed by atoms with Crippen molar-refractivity contribution in [3.8, 4) is 0 Å². The van der Waals surface area contributed by atoms with Gasteiger partial charge in [0.1, 0.15) is 0 Å². The molecule has 1 fully saturated rings. The van der Waals surface area contributed by atoms with E-state index in [1.54, 1.807) is 0 Å². The van der Waals surface area contributed by atoms with E-state index in [4.69, 9.17) is 0 Å². The second-order valence-electron chi connectivity index (χ2n) is 6.90. The fraction of sp³-hybridized carbons (Fsp3) is 1.00. The van der Waals surface area contributed by atoms with Crippen molar-refractivity contribution >= 4 is 0 Å². The molecule has 0 spiro atoms. The topological polar surface area (TPSA) is 15.3 Å². The Morgan fingerprint density at radius 3 is 2.44 bits per heavy atom. The fourth-order valence-corrected chi connectivity index (χ4v) is 2.84. The third-order valence-electron chi connectivity index (χ3n) is 4.83. The van der Waals surface area contributed by atoms with Crippen LogP contribution in [0.4, 0.5) is 0 Å². The zero-order chi connectivity index (χ0) is 13.8. The first-order chi connectivity index (χ1) is 8.41. The summed E-state index contributed by atoms with van der Waals surface area (Å²) in [7, 11) is 0. The average Bonchev–Trinajstić information content (AvgIpc) is 2.35. The highest BCUT2D eigenvalue weighted by atomic mass is 15.3. The van der Waals surface area contributed by atoms with Gasteiger partial charge in [-0.15, -0.1) is 0 Å². The van der Waals surface area contributed by atoms with Gasteiger partial charge in [-0.1, -0.05) is 41.0 Å². The molecule has 0 aromatic carbocycles. The van der Waals surface area contributed by atoms with Crippen LogP contribution in [-0.4, -0.2) is 36.1 Å². The summed E-state index contributed by atoms with van der Waals surface area (Å²) >= 11 is 0. The highest BCUT2D eigenvalue weighted by Crippen LogP contribution is 2.24. The zero-order valence-electron chi connectivity index (χ0n) is 13.4. The Morgan fingerprint density at radius 2 is 1.94 bits per heavy atom. The SMILES string of the molecule is CCC(C)C1CNC(C)(CC)CN1CCC(C)C. The molecule has 1 rings (SSSR count). The smallest absolute Gasteiger partial charge is 0.0278 e. The summed E-state index contributed by atoms with van der Waals surface area (Å²) in [6.45, 7) is 17.7. The average molecular weight is 254 g/mol. The molecule has 3 atom stereocenters. The molecule has 1 aliphatic heterocycles. The molecule has 0 amide bonds. The zero-order valence-corrected chi connectivity index (χ0v) is 13.4. The van der Waals surface area contributed by atoms with E-state index >= 15 is 0 Å². The Kier molecular flexibility index (Phi) is 6.13. The monoisotopic (exact) mass is 254 g/mol. The van der Waals surface area contributed by atoms with E-state index in [9.17, 15) is 0 Å². The van der Waals surface area contributed by atoms with Crippen LogP contribution in [0.2, 0.25) is 0 Å². The van der Waals surface area contributed by atoms with Crippen LogP contribution in [0.1, 0.15) is 60.8 Å². The largest absolute Gasteiger partial charge is 0.309 e. The first kappa shape index (κ1) is 16.0. The van der Waals surface area contributed by atoms with Crippen molar-refractivity contribution in [1.82, 2.24) is 10.2 Å². The molecule has 0 saturated carbocycles. The van der Waals surface area contributed by atoms with E-state index in [-0.39, 0.29) is 0 Å². The molecule has 2 heteroatoms. The van der Waals surface area contributed by atoms with Crippen LogP contribution < -0.4 is 5.32 Å². The van der Waals surface area contributed by atoms with Gasteiger partial charge in [-0.05, 0) is 38.1 Å². The summed E-state index contributed by atoms with van der Waals surface area (Å²) in [6, 6.07) is 0.730. The van der Waals surface area contributed by atoms with Crippen LogP contribution in [0.25, 0.3) is 0 Å². The minimum atomic E-state index is 0.320. The van der Waals surface area contributed by atoms with Gasteiger partial charge in [0, 0.05) is 24.7 Å². The summed E-state index contributed by atoms with van der Waals surface area (Å²) < 4.78 is 0. The molecule has 0 aliphatic carbocycles. The van der Waals surface area contributed by atoms with Crippen LogP contribution >= 0.6 is 0 Å². The first-order valence-corrected chi connectivity index (χ1v) is 7.91. The molecule has 0 bridgehead atoms. The number of hydrogen-bond acceptors (Lipinski definition) is 2. The number of rotatable bonds is 6. The molecule has 1 aliphatic rings. The Labute approximate surface area is 115 Å². The van der Waals surface area contributed by atoms with Gasteiger partial charge in [0.2, 0.25) is 0 Å². The molecular formula is C16H34N2. The quantitative estimate of drug-likeness (QED) is 0.780. The van der Waals surface area contributed by atoms with Crippen LogP contribution in [-0.2, 0) is 0 Å². The van der Waals surface area contributed by atoms with Gasteiger partial charge in [0.15, 0.2) is 0 Å². The number of nitrogens with zero attached hydrogens (tertiary/aromatic N) is 1. The van der Waals surface area contributed by atoms with Gasteiger partial charge in [-0.3, -0.25) is 4.90 Å². The van der Waals surface area contributed by atoms with Crippen molar-refractivity contribution in [3.05, 3.63) is 0 Å². The van der Waals surface area contributed by atoms with Crippen molar-refractivity contribution < 1.29 is 0 Å². The molecular weight excluding hydrogens is 220 g/mol. The number of nitrogens with one attached hydrogen (secondary N) is 1. The summed E-state index contributed by atoms with van der Waals surface area (Å²) in [5.41, 5.74) is 0.320. The lowest BCUT2D eigenvalue weighted by Crippen LogP contribution is -2.64. The molecule has 2 nitrogen and oxygen atoms in total. The lowest BCUT2D eigenvalue weighted by atomic mass is 9.88. The van der Waals surface area contributed by atoms with Crippen molar-refractivity contribution in [2.24, 2.45) is 11.8 Å². The van der Waals surface area contributed by atoms with Gasteiger partial charge in [-0.25, -0.2) is 0 Å². The fourth-order valence-electron chi connectivity index (χ4n) is 2.84. The minimum Gasteiger partial charge on any atom is -0.309 e. The van der Waals surface area contributed by atoms with Crippen LogP contribution in [0.15, 0.2) is 0 Å². The lowest BCUT2D eigenvalue weighted by Gasteiger charge is -2.48. The van der Waals surface area contributed by atoms with Gasteiger partial charge in [0.25, 0.3) is 0 Å². The summed E-state index contributed by atoms with van der Waals surface area (Å²) in [6.07, 6.45) is 3.83. The number of hydrogen-bond donors (Lipinski definition) is 1. The van der Waals surface area contributed by atoms with Crippen LogP contribution in [0, 0.1) is 11.8 Å². The highest BCUT2D eigenvalue weighted by Gasteiger charge is 2.35. The predicted molar refractivity (Wildman–Crippen MR) is 81.0 cm³/mol. The third kappa shape index (κ3) is 4.24. The minimum absolute atomic E-state index is 0.320. The third-order valence-corrected chi connectivity index (χ3v) is 4.83. The molecule has 0 aromatic heterocycles. The standard InChI is InChI=1S/C16H34N2/c1-7-14(5)15-11-17-16(6,8-2)12-18(15)10-9-13(3)4/h13-15,17H,7-12H2,1-6H3. The Morgan fingerprint density at radius 1 is 1.28 bits per heavy atom. The van der Waals surface area contributed by atoms with Crippen molar-refractivity contribution in [2.75, 3.05) is 19.6 Å². The Bertz CT molecular complexity index is 239. The molecule has 18 heavy (non-hydrogen) atoms. The molecule has 1 heterocycles. The van der Waals surface area contributed by atoms with E-state index in [2.05, 4.69) is 51.8 Å². The summed E-state index contributed by atoms with van der Waals surface area (Å²) in [5.74, 6) is 1.61. The van der Waals surface area contributed by atoms with Crippen LogP contribution in [0.5, 0.6) is 0 Å². The van der Waals surface area contributed by atoms with Crippen LogP contribution in [0.3, 0.4) is 0 Å². The Hall–Kier alpha value is -0.0800. The maximum atomic E-state index is 3.79.